The van der Waals surface area contributed by atoms with Crippen LogP contribution < -0.4 is 4.90 Å². The van der Waals surface area contributed by atoms with E-state index in [1.165, 1.54) is 12.0 Å². The molecule has 1 aliphatic heterocycles. The van der Waals surface area contributed by atoms with Crippen molar-refractivity contribution >= 4 is 11.7 Å². The maximum absolute atomic E-state index is 12.7. The van der Waals surface area contributed by atoms with Gasteiger partial charge >= 0.3 is 0 Å². The van der Waals surface area contributed by atoms with E-state index in [2.05, 4.69) is 31.6 Å². The lowest BCUT2D eigenvalue weighted by Gasteiger charge is -2.32. The number of hydrogen-bond donors (Lipinski definition) is 0. The van der Waals surface area contributed by atoms with Crippen LogP contribution in [-0.4, -0.2) is 45.5 Å². The summed E-state index contributed by atoms with van der Waals surface area (Å²) < 4.78 is 2.07. The third kappa shape index (κ3) is 3.84. The van der Waals surface area contributed by atoms with Gasteiger partial charge in [0.1, 0.15) is 11.6 Å². The number of benzene rings is 1. The van der Waals surface area contributed by atoms with Gasteiger partial charge < -0.3 is 14.4 Å². The van der Waals surface area contributed by atoms with Crippen LogP contribution in [-0.2, 0) is 13.1 Å². The Morgan fingerprint density at radius 3 is 2.59 bits per heavy atom. The van der Waals surface area contributed by atoms with Crippen molar-refractivity contribution in [1.82, 2.24) is 19.4 Å². The Labute approximate surface area is 159 Å². The van der Waals surface area contributed by atoms with Crippen LogP contribution >= 0.6 is 0 Å². The van der Waals surface area contributed by atoms with E-state index >= 15 is 0 Å². The van der Waals surface area contributed by atoms with Crippen LogP contribution in [0.3, 0.4) is 0 Å². The van der Waals surface area contributed by atoms with Crippen molar-refractivity contribution in [3.8, 4) is 0 Å². The second-order valence-electron chi connectivity index (χ2n) is 6.86. The summed E-state index contributed by atoms with van der Waals surface area (Å²) in [6, 6.07) is 14.0. The highest BCUT2D eigenvalue weighted by Gasteiger charge is 2.18. The van der Waals surface area contributed by atoms with Crippen molar-refractivity contribution in [2.45, 2.75) is 19.5 Å². The third-order valence-electron chi connectivity index (χ3n) is 4.90. The van der Waals surface area contributed by atoms with Gasteiger partial charge in [-0.15, -0.1) is 0 Å². The number of imidazole rings is 1. The molecule has 3 aromatic rings. The van der Waals surface area contributed by atoms with Gasteiger partial charge in [-0.05, 0) is 24.1 Å². The van der Waals surface area contributed by atoms with Gasteiger partial charge in [-0.3, -0.25) is 4.79 Å². The molecule has 0 bridgehead atoms. The maximum Gasteiger partial charge on any atom is 0.255 e. The zero-order valence-corrected chi connectivity index (χ0v) is 15.5. The first-order valence-electron chi connectivity index (χ1n) is 9.21. The molecule has 1 amide bonds. The second kappa shape index (κ2) is 7.61. The molecule has 2 aromatic heterocycles. The van der Waals surface area contributed by atoms with E-state index in [0.29, 0.717) is 12.1 Å². The Bertz CT molecular complexity index is 900. The minimum atomic E-state index is -0.0491. The van der Waals surface area contributed by atoms with Gasteiger partial charge in [0.05, 0.1) is 12.1 Å². The summed E-state index contributed by atoms with van der Waals surface area (Å²) in [4.78, 5) is 25.5. The number of nitrogens with zero attached hydrogens (tertiary/aromatic N) is 5. The van der Waals surface area contributed by atoms with Crippen molar-refractivity contribution in [3.63, 3.8) is 0 Å². The van der Waals surface area contributed by atoms with Crippen LogP contribution in [0, 0.1) is 0 Å². The fourth-order valence-electron chi connectivity index (χ4n) is 3.17. The first-order chi connectivity index (χ1) is 13.2. The molecule has 4 rings (SSSR count). The van der Waals surface area contributed by atoms with E-state index in [4.69, 9.17) is 0 Å². The van der Waals surface area contributed by atoms with Crippen molar-refractivity contribution in [2.75, 3.05) is 25.0 Å². The first-order valence-corrected chi connectivity index (χ1v) is 9.21. The molecule has 6 nitrogen and oxygen atoms in total. The van der Waals surface area contributed by atoms with Crippen LogP contribution in [0.2, 0.25) is 0 Å². The number of carbonyl (C=O) groups excluding carboxylic acids is 1. The molecule has 0 saturated carbocycles. The Morgan fingerprint density at radius 2 is 1.93 bits per heavy atom. The van der Waals surface area contributed by atoms with Crippen LogP contribution in [0.25, 0.3) is 0 Å². The van der Waals surface area contributed by atoms with E-state index in [1.807, 2.05) is 36.5 Å². The summed E-state index contributed by atoms with van der Waals surface area (Å²) in [6.07, 6.45) is 6.60. The average Bonchev–Trinajstić information content (AvgIpc) is 3.08. The molecule has 1 saturated heterocycles. The molecule has 27 heavy (non-hydrogen) atoms. The van der Waals surface area contributed by atoms with Gasteiger partial charge in [-0.1, -0.05) is 30.3 Å². The molecule has 0 aliphatic carbocycles. The van der Waals surface area contributed by atoms with Crippen molar-refractivity contribution in [2.24, 2.45) is 0 Å². The molecular formula is C21H23N5O. The lowest BCUT2D eigenvalue weighted by Crippen LogP contribution is -2.37. The second-order valence-corrected chi connectivity index (χ2v) is 6.86. The summed E-state index contributed by atoms with van der Waals surface area (Å²) in [6.45, 7) is 3.28. The fourth-order valence-corrected chi connectivity index (χ4v) is 3.17. The lowest BCUT2D eigenvalue weighted by molar-refractivity contribution is 0.0780. The zero-order chi connectivity index (χ0) is 18.6. The minimum Gasteiger partial charge on any atom is -0.356 e. The molecule has 0 radical (unpaired) electrons. The van der Waals surface area contributed by atoms with Gasteiger partial charge in [-0.2, -0.15) is 0 Å². The van der Waals surface area contributed by atoms with E-state index in [-0.39, 0.29) is 5.91 Å². The SMILES string of the molecule is CN(Cc1nccn1Cc1ccccc1)C(=O)c1ccc(N2CCC2)nc1. The topological polar surface area (TPSA) is 54.3 Å². The average molecular weight is 361 g/mol. The van der Waals surface area contributed by atoms with E-state index < -0.39 is 0 Å². The highest BCUT2D eigenvalue weighted by Crippen LogP contribution is 2.18. The summed E-state index contributed by atoms with van der Waals surface area (Å²) in [7, 11) is 1.80. The third-order valence-corrected chi connectivity index (χ3v) is 4.90. The number of carbonyl (C=O) groups is 1. The Balaban J connectivity index is 1.42. The Hall–Kier alpha value is -3.15. The predicted molar refractivity (Wildman–Crippen MR) is 105 cm³/mol. The monoisotopic (exact) mass is 361 g/mol. The normalized spacial score (nSPS) is 13.3. The standard InChI is InChI=1S/C21H23N5O/c1-24(21(27)18-8-9-19(23-14-18)25-11-5-12-25)16-20-22-10-13-26(20)15-17-6-3-2-4-7-17/h2-4,6-10,13-14H,5,11-12,15-16H2,1H3. The van der Waals surface area contributed by atoms with Gasteiger partial charge in [0.25, 0.3) is 5.91 Å². The van der Waals surface area contributed by atoms with E-state index in [9.17, 15) is 4.79 Å². The maximum atomic E-state index is 12.7. The van der Waals surface area contributed by atoms with Crippen molar-refractivity contribution < 1.29 is 4.79 Å². The molecule has 0 N–H and O–H groups in total. The molecule has 0 spiro atoms. The largest absolute Gasteiger partial charge is 0.356 e. The molecule has 0 atom stereocenters. The summed E-state index contributed by atoms with van der Waals surface area (Å²) in [5.74, 6) is 1.76. The first kappa shape index (κ1) is 17.3. The van der Waals surface area contributed by atoms with Crippen LogP contribution in [0.15, 0.2) is 61.1 Å². The zero-order valence-electron chi connectivity index (χ0n) is 15.5. The highest BCUT2D eigenvalue weighted by molar-refractivity contribution is 5.93. The van der Waals surface area contributed by atoms with Gasteiger partial charge in [-0.25, -0.2) is 9.97 Å². The number of anilines is 1. The summed E-state index contributed by atoms with van der Waals surface area (Å²) in [5.41, 5.74) is 1.81. The van der Waals surface area contributed by atoms with Gasteiger partial charge in [0.2, 0.25) is 0 Å². The van der Waals surface area contributed by atoms with Crippen LogP contribution in [0.5, 0.6) is 0 Å². The summed E-state index contributed by atoms with van der Waals surface area (Å²) >= 11 is 0. The Kier molecular flexibility index (Phi) is 4.87. The number of hydrogen-bond acceptors (Lipinski definition) is 4. The van der Waals surface area contributed by atoms with E-state index in [1.54, 1.807) is 24.3 Å². The lowest BCUT2D eigenvalue weighted by atomic mass is 10.2. The predicted octanol–water partition coefficient (Wildman–Crippen LogP) is 2.81. The molecule has 0 unspecified atom stereocenters. The fraction of sp³-hybridized carbons (Fsp3) is 0.286. The molecule has 3 heterocycles. The number of pyridine rings is 1. The molecular weight excluding hydrogens is 338 g/mol. The Morgan fingerprint density at radius 1 is 1.11 bits per heavy atom. The summed E-state index contributed by atoms with van der Waals surface area (Å²) in [5, 5.41) is 0. The van der Waals surface area contributed by atoms with Gasteiger partial charge in [0, 0.05) is 45.3 Å². The van der Waals surface area contributed by atoms with Crippen LogP contribution in [0.4, 0.5) is 5.82 Å². The number of rotatable bonds is 6. The minimum absolute atomic E-state index is 0.0491. The smallest absolute Gasteiger partial charge is 0.255 e. The molecule has 138 valence electrons. The van der Waals surface area contributed by atoms with E-state index in [0.717, 1.165) is 31.3 Å². The molecule has 1 aromatic carbocycles. The molecule has 6 heteroatoms. The molecule has 1 fully saturated rings. The molecule has 1 aliphatic rings. The van der Waals surface area contributed by atoms with Gasteiger partial charge in [0.15, 0.2) is 0 Å². The van der Waals surface area contributed by atoms with Crippen molar-refractivity contribution in [1.29, 1.82) is 0 Å². The van der Waals surface area contributed by atoms with Crippen LogP contribution in [0.1, 0.15) is 28.2 Å². The quantitative estimate of drug-likeness (QED) is 0.677. The number of amides is 1. The number of aromatic nitrogens is 3. The van der Waals surface area contributed by atoms with Crippen molar-refractivity contribution in [3.05, 3.63) is 78.0 Å². The highest BCUT2D eigenvalue weighted by atomic mass is 16.2.